The Kier molecular flexibility index (Phi) is 7.41. The third-order valence-electron chi connectivity index (χ3n) is 5.96. The van der Waals surface area contributed by atoms with E-state index < -0.39 is 0 Å². The summed E-state index contributed by atoms with van der Waals surface area (Å²) >= 11 is 0. The maximum atomic E-state index is 12.8. The Morgan fingerprint density at radius 1 is 0.938 bits per heavy atom. The van der Waals surface area contributed by atoms with E-state index in [1.54, 1.807) is 0 Å². The molecule has 1 amide bonds. The highest BCUT2D eigenvalue weighted by molar-refractivity contribution is 5.69. The Balaban J connectivity index is 1.31. The largest absolute Gasteiger partial charge is 0.446 e. The van der Waals surface area contributed by atoms with Crippen molar-refractivity contribution in [1.29, 1.82) is 0 Å². The van der Waals surface area contributed by atoms with Gasteiger partial charge in [-0.2, -0.15) is 0 Å². The minimum Gasteiger partial charge on any atom is -0.446 e. The lowest BCUT2D eigenvalue weighted by Gasteiger charge is -2.32. The number of piperidine rings is 1. The number of hydrogen-bond donors (Lipinski definition) is 2. The van der Waals surface area contributed by atoms with Gasteiger partial charge in [0.25, 0.3) is 0 Å². The van der Waals surface area contributed by atoms with Crippen molar-refractivity contribution in [3.8, 4) is 0 Å². The van der Waals surface area contributed by atoms with Crippen LogP contribution in [0.25, 0.3) is 0 Å². The van der Waals surface area contributed by atoms with Crippen molar-refractivity contribution in [3.05, 3.63) is 102 Å². The maximum absolute atomic E-state index is 12.8. The van der Waals surface area contributed by atoms with Gasteiger partial charge in [-0.15, -0.1) is 0 Å². The van der Waals surface area contributed by atoms with E-state index in [0.29, 0.717) is 0 Å². The molecule has 0 bridgehead atoms. The number of amides is 1. The summed E-state index contributed by atoms with van der Waals surface area (Å²) < 4.78 is 5.81. The monoisotopic (exact) mass is 429 g/mol. The van der Waals surface area contributed by atoms with Crippen LogP contribution in [-0.2, 0) is 11.3 Å². The molecule has 0 saturated carbocycles. The molecule has 0 atom stereocenters. The van der Waals surface area contributed by atoms with E-state index in [9.17, 15) is 4.79 Å². The number of likely N-dealkylation sites (tertiary alicyclic amines) is 1. The standard InChI is InChI=1S/C27H31N3O2/c1-28-24-14-8-9-21(19-24)20-30-17-15-25(16-18-30)32-27(31)29-26(22-10-4-2-5-11-22)23-12-6-3-7-13-23/h2-14,19,25-26,28H,15-18,20H2,1H3,(H,29,31). The second-order valence-electron chi connectivity index (χ2n) is 8.23. The average molecular weight is 430 g/mol. The van der Waals surface area contributed by atoms with Gasteiger partial charge in [-0.25, -0.2) is 4.79 Å². The SMILES string of the molecule is CNc1cccc(CN2CCC(OC(=O)NC(c3ccccc3)c3ccccc3)CC2)c1. The Bertz CT molecular complexity index is 947. The minimum absolute atomic E-state index is 0.0536. The lowest BCUT2D eigenvalue weighted by molar-refractivity contribution is 0.0476. The van der Waals surface area contributed by atoms with E-state index in [1.165, 1.54) is 5.56 Å². The molecule has 3 aromatic carbocycles. The molecule has 1 aliphatic heterocycles. The molecular weight excluding hydrogens is 398 g/mol. The first-order valence-electron chi connectivity index (χ1n) is 11.3. The summed E-state index contributed by atoms with van der Waals surface area (Å²) in [5, 5.41) is 6.27. The van der Waals surface area contributed by atoms with Crippen LogP contribution in [0.15, 0.2) is 84.9 Å². The van der Waals surface area contributed by atoms with Gasteiger partial charge in [-0.1, -0.05) is 72.8 Å². The molecule has 2 N–H and O–H groups in total. The van der Waals surface area contributed by atoms with E-state index in [0.717, 1.165) is 49.3 Å². The van der Waals surface area contributed by atoms with E-state index in [2.05, 4.69) is 39.8 Å². The third-order valence-corrected chi connectivity index (χ3v) is 5.96. The molecule has 1 fully saturated rings. The zero-order valence-electron chi connectivity index (χ0n) is 18.5. The summed E-state index contributed by atoms with van der Waals surface area (Å²) in [6.45, 7) is 2.75. The Morgan fingerprint density at radius 3 is 2.16 bits per heavy atom. The predicted molar refractivity (Wildman–Crippen MR) is 129 cm³/mol. The Labute approximate surface area is 190 Å². The molecule has 1 saturated heterocycles. The summed E-state index contributed by atoms with van der Waals surface area (Å²) in [7, 11) is 1.94. The number of carbonyl (C=O) groups excluding carboxylic acids is 1. The van der Waals surface area contributed by atoms with Gasteiger partial charge in [0, 0.05) is 32.4 Å². The van der Waals surface area contributed by atoms with Crippen LogP contribution >= 0.6 is 0 Å². The lowest BCUT2D eigenvalue weighted by atomic mass is 9.99. The molecule has 5 nitrogen and oxygen atoms in total. The van der Waals surface area contributed by atoms with Crippen molar-refractivity contribution in [2.75, 3.05) is 25.5 Å². The normalized spacial score (nSPS) is 14.8. The van der Waals surface area contributed by atoms with E-state index in [4.69, 9.17) is 4.74 Å². The highest BCUT2D eigenvalue weighted by Gasteiger charge is 2.24. The number of nitrogens with one attached hydrogen (secondary N) is 2. The van der Waals surface area contributed by atoms with Crippen molar-refractivity contribution in [3.63, 3.8) is 0 Å². The van der Waals surface area contributed by atoms with E-state index in [1.807, 2.05) is 67.7 Å². The third kappa shape index (κ3) is 5.89. The van der Waals surface area contributed by atoms with Crippen LogP contribution in [0.5, 0.6) is 0 Å². The minimum atomic E-state index is -0.358. The molecule has 5 heteroatoms. The smallest absolute Gasteiger partial charge is 0.408 e. The summed E-state index contributed by atoms with van der Waals surface area (Å²) in [4.78, 5) is 15.2. The molecule has 32 heavy (non-hydrogen) atoms. The predicted octanol–water partition coefficient (Wildman–Crippen LogP) is 5.21. The number of nitrogens with zero attached hydrogens (tertiary/aromatic N) is 1. The van der Waals surface area contributed by atoms with Gasteiger partial charge in [0.1, 0.15) is 6.10 Å². The van der Waals surface area contributed by atoms with E-state index >= 15 is 0 Å². The molecule has 3 aromatic rings. The summed E-state index contributed by atoms with van der Waals surface area (Å²) in [5.74, 6) is 0. The number of hydrogen-bond acceptors (Lipinski definition) is 4. The van der Waals surface area contributed by atoms with Crippen LogP contribution < -0.4 is 10.6 Å². The van der Waals surface area contributed by atoms with Gasteiger partial charge in [0.05, 0.1) is 6.04 Å². The van der Waals surface area contributed by atoms with Crippen LogP contribution in [0.2, 0.25) is 0 Å². The molecule has 0 radical (unpaired) electrons. The highest BCUT2D eigenvalue weighted by Crippen LogP contribution is 2.23. The number of benzene rings is 3. The zero-order valence-corrected chi connectivity index (χ0v) is 18.5. The summed E-state index contributed by atoms with van der Waals surface area (Å²) in [5.41, 5.74) is 4.50. The van der Waals surface area contributed by atoms with Gasteiger partial charge in [-0.05, 0) is 41.7 Å². The quantitative estimate of drug-likeness (QED) is 0.541. The molecule has 1 heterocycles. The highest BCUT2D eigenvalue weighted by atomic mass is 16.6. The Morgan fingerprint density at radius 2 is 1.56 bits per heavy atom. The van der Waals surface area contributed by atoms with Crippen LogP contribution in [0.3, 0.4) is 0 Å². The molecular formula is C27H31N3O2. The fourth-order valence-corrected chi connectivity index (χ4v) is 4.22. The fraction of sp³-hybridized carbons (Fsp3) is 0.296. The van der Waals surface area contributed by atoms with Gasteiger partial charge >= 0.3 is 6.09 Å². The summed E-state index contributed by atoms with van der Waals surface area (Å²) in [6.07, 6.45) is 1.28. The van der Waals surface area contributed by atoms with Gasteiger partial charge in [0.2, 0.25) is 0 Å². The molecule has 4 rings (SSSR count). The first-order chi connectivity index (χ1) is 15.7. The fourth-order valence-electron chi connectivity index (χ4n) is 4.22. The number of anilines is 1. The van der Waals surface area contributed by atoms with Crippen molar-refractivity contribution in [2.45, 2.75) is 31.5 Å². The van der Waals surface area contributed by atoms with Gasteiger partial charge < -0.3 is 15.4 Å². The Hall–Kier alpha value is -3.31. The first-order valence-corrected chi connectivity index (χ1v) is 11.3. The second-order valence-corrected chi connectivity index (χ2v) is 8.23. The molecule has 1 aliphatic rings. The van der Waals surface area contributed by atoms with Gasteiger partial charge in [-0.3, -0.25) is 4.90 Å². The number of rotatable bonds is 7. The van der Waals surface area contributed by atoms with Crippen LogP contribution in [0, 0.1) is 0 Å². The summed E-state index contributed by atoms with van der Waals surface area (Å²) in [6, 6.07) is 28.3. The average Bonchev–Trinajstić information content (AvgIpc) is 2.85. The van der Waals surface area contributed by atoms with E-state index in [-0.39, 0.29) is 18.2 Å². The molecule has 0 unspecified atom stereocenters. The van der Waals surface area contributed by atoms with Crippen LogP contribution in [-0.4, -0.2) is 37.2 Å². The maximum Gasteiger partial charge on any atom is 0.408 e. The molecule has 0 aliphatic carbocycles. The van der Waals surface area contributed by atoms with Crippen LogP contribution in [0.4, 0.5) is 10.5 Å². The van der Waals surface area contributed by atoms with Gasteiger partial charge in [0.15, 0.2) is 0 Å². The zero-order chi connectivity index (χ0) is 22.2. The van der Waals surface area contributed by atoms with Crippen molar-refractivity contribution in [2.24, 2.45) is 0 Å². The molecule has 0 aromatic heterocycles. The second kappa shape index (κ2) is 10.8. The number of alkyl carbamates (subject to hydrolysis) is 1. The first kappa shape index (κ1) is 21.9. The molecule has 166 valence electrons. The van der Waals surface area contributed by atoms with Crippen LogP contribution in [0.1, 0.15) is 35.6 Å². The molecule has 0 spiro atoms. The van der Waals surface area contributed by atoms with Crippen molar-refractivity contribution >= 4 is 11.8 Å². The number of carbonyl (C=O) groups is 1. The topological polar surface area (TPSA) is 53.6 Å². The number of ether oxygens (including phenoxy) is 1. The van der Waals surface area contributed by atoms with Crippen molar-refractivity contribution in [1.82, 2.24) is 10.2 Å². The van der Waals surface area contributed by atoms with Crippen molar-refractivity contribution < 1.29 is 9.53 Å². The lowest BCUT2D eigenvalue weighted by Crippen LogP contribution is -2.40.